The van der Waals surface area contributed by atoms with Gasteiger partial charge in [-0.25, -0.2) is 0 Å². The predicted molar refractivity (Wildman–Crippen MR) is 65.2 cm³/mol. The van der Waals surface area contributed by atoms with Crippen LogP contribution in [0.2, 0.25) is 0 Å². The molecule has 3 fully saturated rings. The van der Waals surface area contributed by atoms with E-state index in [0.717, 1.165) is 18.3 Å². The van der Waals surface area contributed by atoms with Gasteiger partial charge in [0.2, 0.25) is 0 Å². The van der Waals surface area contributed by atoms with Crippen LogP contribution in [-0.2, 0) is 4.74 Å². The monoisotopic (exact) mass is 234 g/mol. The summed E-state index contributed by atoms with van der Waals surface area (Å²) >= 11 is 0. The van der Waals surface area contributed by atoms with Crippen LogP contribution in [0, 0.1) is 28.1 Å². The van der Waals surface area contributed by atoms with Gasteiger partial charge >= 0.3 is 0 Å². The van der Waals surface area contributed by atoms with Gasteiger partial charge in [-0.3, -0.25) is 0 Å². The van der Waals surface area contributed by atoms with Crippen LogP contribution in [0.4, 0.5) is 0 Å². The van der Waals surface area contributed by atoms with Crippen LogP contribution in [0.5, 0.6) is 0 Å². The van der Waals surface area contributed by atoms with Crippen molar-refractivity contribution in [1.29, 1.82) is 0 Å². The topological polar surface area (TPSA) is 29.5 Å². The van der Waals surface area contributed by atoms with E-state index >= 15 is 0 Å². The first-order valence-electron chi connectivity index (χ1n) is 6.90. The first-order valence-corrected chi connectivity index (χ1v) is 6.90. The lowest BCUT2D eigenvalue weighted by Gasteiger charge is -2.34. The highest BCUT2D eigenvalue weighted by molar-refractivity contribution is 5.41. The summed E-state index contributed by atoms with van der Waals surface area (Å²) in [4.78, 5) is 0. The number of ether oxygens (including phenoxy) is 1. The molecule has 1 heterocycles. The van der Waals surface area contributed by atoms with E-state index in [1.807, 2.05) is 0 Å². The van der Waals surface area contributed by atoms with E-state index < -0.39 is 6.29 Å². The molecule has 4 aliphatic rings. The van der Waals surface area contributed by atoms with E-state index in [9.17, 15) is 5.11 Å². The number of hydrogen-bond acceptors (Lipinski definition) is 2. The van der Waals surface area contributed by atoms with E-state index in [1.165, 1.54) is 18.4 Å². The summed E-state index contributed by atoms with van der Waals surface area (Å²) in [5, 5.41) is 10.2. The van der Waals surface area contributed by atoms with Gasteiger partial charge in [0.1, 0.15) is 0 Å². The molecular formula is C15H22O2. The van der Waals surface area contributed by atoms with Gasteiger partial charge in [-0.15, -0.1) is 0 Å². The maximum absolute atomic E-state index is 10.2. The van der Waals surface area contributed by atoms with Crippen LogP contribution in [-0.4, -0.2) is 18.0 Å². The normalized spacial score (nSPS) is 58.1. The van der Waals surface area contributed by atoms with Crippen molar-refractivity contribution in [2.45, 2.75) is 46.3 Å². The third-order valence-corrected chi connectivity index (χ3v) is 6.24. The molecule has 0 aromatic rings. The first-order chi connectivity index (χ1) is 7.89. The van der Waals surface area contributed by atoms with Gasteiger partial charge in [0.05, 0.1) is 12.0 Å². The Labute approximate surface area is 103 Å². The molecule has 3 aliphatic carbocycles. The highest BCUT2D eigenvalue weighted by Crippen LogP contribution is 2.80. The number of aliphatic hydroxyl groups excluding tert-OH is 1. The standard InChI is InChI=1S/C15H22O2/c1-13(2)5-9-4-10-7-17-12(16)15(10)8-14(15,3)11(9)6-13/h4,9,11-12,16H,5-8H2,1-3H3/t9-,11+,12+,14+,15-/m1/s1. The highest BCUT2D eigenvalue weighted by Gasteiger charge is 2.77. The summed E-state index contributed by atoms with van der Waals surface area (Å²) in [6.07, 6.45) is 5.69. The number of fused-ring (bicyclic) bond motifs is 2. The maximum atomic E-state index is 10.2. The predicted octanol–water partition coefficient (Wildman–Crippen LogP) is 2.72. The van der Waals surface area contributed by atoms with Gasteiger partial charge in [-0.1, -0.05) is 26.8 Å². The first kappa shape index (κ1) is 10.6. The summed E-state index contributed by atoms with van der Waals surface area (Å²) < 4.78 is 5.51. The molecule has 17 heavy (non-hydrogen) atoms. The largest absolute Gasteiger partial charge is 0.367 e. The van der Waals surface area contributed by atoms with Gasteiger partial charge in [-0.05, 0) is 47.5 Å². The van der Waals surface area contributed by atoms with E-state index in [2.05, 4.69) is 26.8 Å². The third kappa shape index (κ3) is 1.01. The van der Waals surface area contributed by atoms with Gasteiger partial charge in [0.25, 0.3) is 0 Å². The minimum Gasteiger partial charge on any atom is -0.367 e. The lowest BCUT2D eigenvalue weighted by molar-refractivity contribution is -0.101. The molecule has 2 nitrogen and oxygen atoms in total. The second-order valence-corrected chi connectivity index (χ2v) is 7.76. The molecule has 0 amide bonds. The van der Waals surface area contributed by atoms with Crippen molar-refractivity contribution in [3.8, 4) is 0 Å². The highest BCUT2D eigenvalue weighted by atomic mass is 16.6. The maximum Gasteiger partial charge on any atom is 0.164 e. The SMILES string of the molecule is CC1(C)C[C@H]2C=C3CO[C@H](O)[C@@]34C[C@@]4(C)[C@H]2C1. The Bertz CT molecular complexity index is 425. The fourth-order valence-corrected chi connectivity index (χ4v) is 5.38. The fourth-order valence-electron chi connectivity index (χ4n) is 5.38. The zero-order chi connectivity index (χ0) is 12.1. The van der Waals surface area contributed by atoms with Crippen molar-refractivity contribution in [3.05, 3.63) is 11.6 Å². The van der Waals surface area contributed by atoms with E-state index in [1.54, 1.807) is 0 Å². The molecule has 4 rings (SSSR count). The number of allylic oxidation sites excluding steroid dienone is 1. The Morgan fingerprint density at radius 2 is 2.06 bits per heavy atom. The minimum absolute atomic E-state index is 0.00852. The van der Waals surface area contributed by atoms with Gasteiger partial charge in [-0.2, -0.15) is 0 Å². The molecular weight excluding hydrogens is 212 g/mol. The van der Waals surface area contributed by atoms with Crippen LogP contribution in [0.25, 0.3) is 0 Å². The van der Waals surface area contributed by atoms with Crippen LogP contribution >= 0.6 is 0 Å². The molecule has 0 unspecified atom stereocenters. The lowest BCUT2D eigenvalue weighted by Crippen LogP contribution is -2.33. The van der Waals surface area contributed by atoms with Gasteiger partial charge in [0, 0.05) is 0 Å². The van der Waals surface area contributed by atoms with Crippen LogP contribution < -0.4 is 0 Å². The Morgan fingerprint density at radius 1 is 1.29 bits per heavy atom. The van der Waals surface area contributed by atoms with Gasteiger partial charge < -0.3 is 9.84 Å². The second kappa shape index (κ2) is 2.65. The Hall–Kier alpha value is -0.340. The van der Waals surface area contributed by atoms with Gasteiger partial charge in [0.15, 0.2) is 6.29 Å². The van der Waals surface area contributed by atoms with E-state index in [-0.39, 0.29) is 5.41 Å². The summed E-state index contributed by atoms with van der Waals surface area (Å²) in [6.45, 7) is 7.84. The lowest BCUT2D eigenvalue weighted by atomic mass is 9.69. The van der Waals surface area contributed by atoms with Crippen molar-refractivity contribution in [2.24, 2.45) is 28.1 Å². The van der Waals surface area contributed by atoms with E-state index in [0.29, 0.717) is 17.4 Å². The van der Waals surface area contributed by atoms with E-state index in [4.69, 9.17) is 4.74 Å². The summed E-state index contributed by atoms with van der Waals surface area (Å²) in [6, 6.07) is 0. The third-order valence-electron chi connectivity index (χ3n) is 6.24. The minimum atomic E-state index is -0.539. The molecule has 0 aromatic carbocycles. The van der Waals surface area contributed by atoms with Crippen molar-refractivity contribution in [1.82, 2.24) is 0 Å². The molecule has 1 aliphatic heterocycles. The zero-order valence-corrected chi connectivity index (χ0v) is 11.0. The van der Waals surface area contributed by atoms with Crippen molar-refractivity contribution in [2.75, 3.05) is 6.61 Å². The molecule has 0 aromatic heterocycles. The Balaban J connectivity index is 1.81. The number of rotatable bonds is 0. The molecule has 2 heteroatoms. The fraction of sp³-hybridized carbons (Fsp3) is 0.867. The molecule has 1 saturated heterocycles. The summed E-state index contributed by atoms with van der Waals surface area (Å²) in [7, 11) is 0. The molecule has 2 saturated carbocycles. The van der Waals surface area contributed by atoms with Crippen LogP contribution in [0.3, 0.4) is 0 Å². The zero-order valence-electron chi connectivity index (χ0n) is 11.0. The summed E-state index contributed by atoms with van der Waals surface area (Å²) in [5.41, 5.74) is 2.20. The smallest absolute Gasteiger partial charge is 0.164 e. The molecule has 0 radical (unpaired) electrons. The van der Waals surface area contributed by atoms with Crippen molar-refractivity contribution < 1.29 is 9.84 Å². The van der Waals surface area contributed by atoms with Crippen molar-refractivity contribution in [3.63, 3.8) is 0 Å². The van der Waals surface area contributed by atoms with Crippen LogP contribution in [0.15, 0.2) is 11.6 Å². The molecule has 0 bridgehead atoms. The average Bonchev–Trinajstić information content (AvgIpc) is 2.61. The number of aliphatic hydroxyl groups is 1. The molecule has 1 spiro atoms. The van der Waals surface area contributed by atoms with Crippen molar-refractivity contribution >= 4 is 0 Å². The summed E-state index contributed by atoms with van der Waals surface area (Å²) in [5.74, 6) is 1.49. The number of hydrogen-bond donors (Lipinski definition) is 1. The molecule has 1 N–H and O–H groups in total. The Morgan fingerprint density at radius 3 is 2.82 bits per heavy atom. The second-order valence-electron chi connectivity index (χ2n) is 7.76. The Kier molecular flexibility index (Phi) is 1.65. The molecule has 94 valence electrons. The quantitative estimate of drug-likeness (QED) is 0.653. The van der Waals surface area contributed by atoms with Crippen LogP contribution in [0.1, 0.15) is 40.0 Å². The molecule has 5 atom stereocenters. The average molecular weight is 234 g/mol.